The van der Waals surface area contributed by atoms with Crippen LogP contribution >= 0.6 is 11.6 Å². The summed E-state index contributed by atoms with van der Waals surface area (Å²) in [5, 5.41) is 5.61. The number of nitrogens with zero attached hydrogens (tertiary/aromatic N) is 2. The van der Waals surface area contributed by atoms with Crippen molar-refractivity contribution in [3.63, 3.8) is 0 Å². The zero-order valence-electron chi connectivity index (χ0n) is 15.0. The Morgan fingerprint density at radius 1 is 1.12 bits per heavy atom. The molecule has 0 bridgehead atoms. The third-order valence-electron chi connectivity index (χ3n) is 4.99. The molecule has 0 amide bonds. The van der Waals surface area contributed by atoms with Crippen LogP contribution in [0.3, 0.4) is 0 Å². The van der Waals surface area contributed by atoms with Crippen LogP contribution < -0.4 is 10.2 Å². The minimum absolute atomic E-state index is 0.762. The number of ether oxygens (including phenoxy) is 1. The van der Waals surface area contributed by atoms with Gasteiger partial charge in [-0.1, -0.05) is 29.8 Å². The van der Waals surface area contributed by atoms with Crippen LogP contribution in [-0.4, -0.2) is 30.9 Å². The van der Waals surface area contributed by atoms with Crippen molar-refractivity contribution in [2.24, 2.45) is 0 Å². The molecule has 0 aliphatic carbocycles. The lowest BCUT2D eigenvalue weighted by Crippen LogP contribution is -2.36. The maximum Gasteiger partial charge on any atom is 0.0660 e. The van der Waals surface area contributed by atoms with Gasteiger partial charge in [-0.15, -0.1) is 0 Å². The molecule has 0 radical (unpaired) electrons. The van der Waals surface area contributed by atoms with Gasteiger partial charge >= 0.3 is 0 Å². The highest BCUT2D eigenvalue weighted by molar-refractivity contribution is 6.33. The van der Waals surface area contributed by atoms with Gasteiger partial charge in [-0.3, -0.25) is 0 Å². The molecular weight excluding hydrogens is 346 g/mol. The van der Waals surface area contributed by atoms with Gasteiger partial charge in [0.1, 0.15) is 0 Å². The predicted octanol–water partition coefficient (Wildman–Crippen LogP) is 4.76. The summed E-state index contributed by atoms with van der Waals surface area (Å²) in [7, 11) is 0. The summed E-state index contributed by atoms with van der Waals surface area (Å²) in [5.41, 5.74) is 4.71. The summed E-state index contributed by atoms with van der Waals surface area (Å²) in [5.74, 6) is 0. The van der Waals surface area contributed by atoms with Crippen LogP contribution in [0.25, 0.3) is 10.9 Å². The zero-order chi connectivity index (χ0) is 17.9. The molecule has 4 rings (SSSR count). The van der Waals surface area contributed by atoms with Gasteiger partial charge in [0.15, 0.2) is 0 Å². The quantitative estimate of drug-likeness (QED) is 0.702. The highest BCUT2D eigenvalue weighted by atomic mass is 35.5. The van der Waals surface area contributed by atoms with E-state index in [-0.39, 0.29) is 0 Å². The van der Waals surface area contributed by atoms with Gasteiger partial charge in [-0.05, 0) is 36.8 Å². The molecule has 2 aromatic carbocycles. The van der Waals surface area contributed by atoms with Gasteiger partial charge in [-0.25, -0.2) is 0 Å². The standard InChI is InChI=1S/C21H24ClN3O/c1-2-24-15-16(18-5-3-4-6-20(18)24)14-23-17-7-8-21(19(22)13-17)25-9-11-26-12-10-25/h3-8,13,15,23H,2,9-12,14H2,1H3. The number of anilines is 2. The van der Waals surface area contributed by atoms with Crippen LogP contribution in [0.5, 0.6) is 0 Å². The molecule has 5 heteroatoms. The van der Waals surface area contributed by atoms with Crippen molar-refractivity contribution in [3.8, 4) is 0 Å². The van der Waals surface area contributed by atoms with E-state index < -0.39 is 0 Å². The summed E-state index contributed by atoms with van der Waals surface area (Å²) < 4.78 is 7.71. The highest BCUT2D eigenvalue weighted by Gasteiger charge is 2.14. The number of hydrogen-bond acceptors (Lipinski definition) is 3. The average molecular weight is 370 g/mol. The SMILES string of the molecule is CCn1cc(CNc2ccc(N3CCOCC3)c(Cl)c2)c2ccccc21. The van der Waals surface area contributed by atoms with Gasteiger partial charge in [-0.2, -0.15) is 0 Å². The molecule has 0 spiro atoms. The molecular formula is C21H24ClN3O. The number of para-hydroxylation sites is 1. The third-order valence-corrected chi connectivity index (χ3v) is 5.30. The minimum Gasteiger partial charge on any atom is -0.381 e. The maximum atomic E-state index is 6.54. The summed E-state index contributed by atoms with van der Waals surface area (Å²) in [6.07, 6.45) is 2.24. The zero-order valence-corrected chi connectivity index (χ0v) is 15.8. The van der Waals surface area contributed by atoms with E-state index in [0.29, 0.717) is 0 Å². The van der Waals surface area contributed by atoms with E-state index in [0.717, 1.165) is 55.8 Å². The number of rotatable bonds is 5. The number of fused-ring (bicyclic) bond motifs is 1. The van der Waals surface area contributed by atoms with Gasteiger partial charge in [0.25, 0.3) is 0 Å². The Bertz CT molecular complexity index is 899. The smallest absolute Gasteiger partial charge is 0.0660 e. The van der Waals surface area contributed by atoms with Crippen LogP contribution in [-0.2, 0) is 17.8 Å². The molecule has 1 fully saturated rings. The molecule has 2 heterocycles. The number of morpholine rings is 1. The van der Waals surface area contributed by atoms with Gasteiger partial charge < -0.3 is 19.5 Å². The molecule has 1 aromatic heterocycles. The number of halogens is 1. The molecule has 26 heavy (non-hydrogen) atoms. The van der Waals surface area contributed by atoms with Crippen LogP contribution in [0.2, 0.25) is 5.02 Å². The van der Waals surface area contributed by atoms with E-state index in [1.165, 1.54) is 16.5 Å². The summed E-state index contributed by atoms with van der Waals surface area (Å²) in [6.45, 7) is 7.23. The molecule has 1 aliphatic heterocycles. The van der Waals surface area contributed by atoms with E-state index in [1.807, 2.05) is 6.07 Å². The summed E-state index contributed by atoms with van der Waals surface area (Å²) >= 11 is 6.54. The van der Waals surface area contributed by atoms with Gasteiger partial charge in [0, 0.05) is 49.0 Å². The average Bonchev–Trinajstić information content (AvgIpc) is 3.05. The minimum atomic E-state index is 0.762. The van der Waals surface area contributed by atoms with Crippen LogP contribution in [0, 0.1) is 0 Å². The van der Waals surface area contributed by atoms with E-state index in [2.05, 4.69) is 64.3 Å². The van der Waals surface area contributed by atoms with Crippen molar-refractivity contribution >= 4 is 33.9 Å². The summed E-state index contributed by atoms with van der Waals surface area (Å²) in [4.78, 5) is 2.28. The first kappa shape index (κ1) is 17.3. The first-order valence-corrected chi connectivity index (χ1v) is 9.57. The van der Waals surface area contributed by atoms with Gasteiger partial charge in [0.2, 0.25) is 0 Å². The fourth-order valence-corrected chi connectivity index (χ4v) is 3.90. The van der Waals surface area contributed by atoms with E-state index in [1.54, 1.807) is 0 Å². The highest BCUT2D eigenvalue weighted by Crippen LogP contribution is 2.30. The van der Waals surface area contributed by atoms with E-state index in [9.17, 15) is 0 Å². The second-order valence-electron chi connectivity index (χ2n) is 6.58. The topological polar surface area (TPSA) is 29.4 Å². The van der Waals surface area contributed by atoms with Crippen molar-refractivity contribution < 1.29 is 4.74 Å². The largest absolute Gasteiger partial charge is 0.381 e. The van der Waals surface area contributed by atoms with Crippen LogP contribution in [0.15, 0.2) is 48.7 Å². The van der Waals surface area contributed by atoms with Crippen molar-refractivity contribution in [2.45, 2.75) is 20.0 Å². The summed E-state index contributed by atoms with van der Waals surface area (Å²) in [6, 6.07) is 14.8. The number of hydrogen-bond donors (Lipinski definition) is 1. The van der Waals surface area contributed by atoms with Crippen LogP contribution in [0.4, 0.5) is 11.4 Å². The van der Waals surface area contributed by atoms with Crippen molar-refractivity contribution in [1.29, 1.82) is 0 Å². The molecule has 0 unspecified atom stereocenters. The lowest BCUT2D eigenvalue weighted by atomic mass is 10.1. The molecule has 1 saturated heterocycles. The van der Waals surface area contributed by atoms with Crippen molar-refractivity contribution in [1.82, 2.24) is 4.57 Å². The third kappa shape index (κ3) is 3.39. The van der Waals surface area contributed by atoms with E-state index >= 15 is 0 Å². The van der Waals surface area contributed by atoms with Gasteiger partial charge in [0.05, 0.1) is 23.9 Å². The molecule has 3 aromatic rings. The second kappa shape index (κ2) is 7.60. The maximum absolute atomic E-state index is 6.54. The number of nitrogens with one attached hydrogen (secondary N) is 1. The Hall–Kier alpha value is -2.17. The normalized spacial score (nSPS) is 14.8. The Morgan fingerprint density at radius 3 is 2.69 bits per heavy atom. The fourth-order valence-electron chi connectivity index (χ4n) is 3.60. The first-order chi connectivity index (χ1) is 12.8. The molecule has 0 saturated carbocycles. The molecule has 1 N–H and O–H groups in total. The Morgan fingerprint density at radius 2 is 1.92 bits per heavy atom. The molecule has 136 valence electrons. The van der Waals surface area contributed by atoms with Crippen LogP contribution in [0.1, 0.15) is 12.5 Å². The number of aromatic nitrogens is 1. The monoisotopic (exact) mass is 369 g/mol. The van der Waals surface area contributed by atoms with Crippen molar-refractivity contribution in [3.05, 3.63) is 59.2 Å². The van der Waals surface area contributed by atoms with E-state index in [4.69, 9.17) is 16.3 Å². The molecule has 1 aliphatic rings. The van der Waals surface area contributed by atoms with Crippen molar-refractivity contribution in [2.75, 3.05) is 36.5 Å². The molecule has 0 atom stereocenters. The first-order valence-electron chi connectivity index (χ1n) is 9.19. The second-order valence-corrected chi connectivity index (χ2v) is 6.98. The number of benzene rings is 2. The predicted molar refractivity (Wildman–Crippen MR) is 109 cm³/mol. The number of aryl methyl sites for hydroxylation is 1. The lowest BCUT2D eigenvalue weighted by Gasteiger charge is -2.29. The Labute approximate surface area is 159 Å². The molecule has 4 nitrogen and oxygen atoms in total. The Kier molecular flexibility index (Phi) is 5.05. The Balaban J connectivity index is 1.51. The lowest BCUT2D eigenvalue weighted by molar-refractivity contribution is 0.122. The fraction of sp³-hybridized carbons (Fsp3) is 0.333.